The Hall–Kier alpha value is -3.94. The first-order valence-corrected chi connectivity index (χ1v) is 17.3. The largest absolute Gasteiger partial charge is 0.456 e. The maximum absolute atomic E-state index is 15.1. The van der Waals surface area contributed by atoms with Crippen LogP contribution >= 0.6 is 0 Å². The van der Waals surface area contributed by atoms with E-state index in [0.717, 1.165) is 6.92 Å². The van der Waals surface area contributed by atoms with Gasteiger partial charge in [0, 0.05) is 36.5 Å². The molecule has 3 aliphatic carbocycles. The van der Waals surface area contributed by atoms with Crippen molar-refractivity contribution in [3.8, 4) is 0 Å². The first-order chi connectivity index (χ1) is 23.9. The zero-order valence-electron chi connectivity index (χ0n) is 29.7. The molecule has 12 heteroatoms. The highest BCUT2D eigenvalue weighted by Crippen LogP contribution is 2.66. The molecule has 2 saturated carbocycles. The molecule has 0 spiro atoms. The number of carbonyl (C=O) groups excluding carboxylic acids is 4. The summed E-state index contributed by atoms with van der Waals surface area (Å²) in [6.07, 6.45) is -8.33. The van der Waals surface area contributed by atoms with E-state index < -0.39 is 94.1 Å². The summed E-state index contributed by atoms with van der Waals surface area (Å²) in [7, 11) is 0. The van der Waals surface area contributed by atoms with Gasteiger partial charge < -0.3 is 40.0 Å². The zero-order chi connectivity index (χ0) is 37.3. The van der Waals surface area contributed by atoms with Crippen LogP contribution in [0, 0.1) is 22.2 Å². The van der Waals surface area contributed by atoms with Crippen molar-refractivity contribution in [1.29, 1.82) is 0 Å². The Bertz CT molecular complexity index is 1740. The number of ether oxygens (including phenoxy) is 4. The van der Waals surface area contributed by atoms with E-state index in [1.54, 1.807) is 88.4 Å². The van der Waals surface area contributed by atoms with Crippen LogP contribution in [0.15, 0.2) is 71.8 Å². The standard InChI is InChI=1S/C39H47NO11/c1-20-24(50-35(46)29(43)28(40)22-13-9-7-10-14-22)18-39(47)33(51-34(45)23-15-11-8-12-16-23)31-37(5)19-48-26(37)17-25(42)38(31,6)32(44)30(49-21(2)41)27(20)36(39,3)4/h7-16,24-26,28-31,33,42-43,47H,17-19,40H2,1-6H3/t24-,25-,26+,28?,29+,30+,31+,33-,37+,38+,39+/m0/s1. The van der Waals surface area contributed by atoms with Crippen LogP contribution in [-0.4, -0.2) is 87.8 Å². The van der Waals surface area contributed by atoms with Gasteiger partial charge in [-0.15, -0.1) is 0 Å². The molecule has 0 amide bonds. The number of esters is 3. The van der Waals surface area contributed by atoms with Crippen LogP contribution in [0.4, 0.5) is 0 Å². The number of rotatable bonds is 7. The molecule has 3 fully saturated rings. The minimum atomic E-state index is -2.12. The second-order valence-corrected chi connectivity index (χ2v) is 15.5. The Morgan fingerprint density at radius 1 is 0.961 bits per heavy atom. The molecule has 2 aromatic carbocycles. The molecule has 11 atom stereocenters. The number of aliphatic hydroxyl groups is 3. The SMILES string of the molecule is CC(=O)O[C@H]1C(=O)[C@@]2(C)[C@H]([C@H](OC(=O)c3ccccc3)[C@]3(O)C[C@H](OC(=O)[C@H](O)C(N)c4ccccc4)C(C)=C1C3(C)C)[C@]1(C)CO[C@@H]1C[C@@H]2O. The second kappa shape index (κ2) is 12.9. The summed E-state index contributed by atoms with van der Waals surface area (Å²) in [4.78, 5) is 55.5. The highest BCUT2D eigenvalue weighted by molar-refractivity contribution is 5.95. The van der Waals surface area contributed by atoms with Crippen molar-refractivity contribution in [3.05, 3.63) is 82.9 Å². The molecular weight excluding hydrogens is 658 g/mol. The number of ketones is 1. The van der Waals surface area contributed by atoms with Crippen LogP contribution in [-0.2, 0) is 33.3 Å². The smallest absolute Gasteiger partial charge is 0.338 e. The maximum atomic E-state index is 15.1. The van der Waals surface area contributed by atoms with E-state index in [0.29, 0.717) is 11.1 Å². The number of nitrogens with two attached hydrogens (primary N) is 1. The lowest BCUT2D eigenvalue weighted by Crippen LogP contribution is -2.78. The van der Waals surface area contributed by atoms with Crippen molar-refractivity contribution >= 4 is 23.7 Å². The topological polar surface area (TPSA) is 192 Å². The van der Waals surface area contributed by atoms with Crippen molar-refractivity contribution in [1.82, 2.24) is 0 Å². The van der Waals surface area contributed by atoms with E-state index in [-0.39, 0.29) is 30.6 Å². The number of hydrogen-bond donors (Lipinski definition) is 4. The average molecular weight is 706 g/mol. The Morgan fingerprint density at radius 2 is 1.57 bits per heavy atom. The summed E-state index contributed by atoms with van der Waals surface area (Å²) >= 11 is 0. The number of hydrogen-bond acceptors (Lipinski definition) is 12. The zero-order valence-corrected chi connectivity index (χ0v) is 29.7. The van der Waals surface area contributed by atoms with Crippen LogP contribution in [0.3, 0.4) is 0 Å². The molecule has 1 saturated heterocycles. The third-order valence-electron chi connectivity index (χ3n) is 12.3. The molecule has 1 heterocycles. The van der Waals surface area contributed by atoms with Gasteiger partial charge in [0.1, 0.15) is 17.8 Å². The van der Waals surface area contributed by atoms with Crippen LogP contribution in [0.25, 0.3) is 0 Å². The first kappa shape index (κ1) is 36.8. The van der Waals surface area contributed by atoms with Gasteiger partial charge in [0.05, 0.1) is 35.8 Å². The summed E-state index contributed by atoms with van der Waals surface area (Å²) in [5.74, 6) is -4.36. The molecule has 51 heavy (non-hydrogen) atoms. The average Bonchev–Trinajstić information content (AvgIpc) is 3.09. The number of aliphatic hydroxyl groups excluding tert-OH is 2. The molecule has 12 nitrogen and oxygen atoms in total. The molecule has 0 aromatic heterocycles. The number of carbonyl (C=O) groups is 4. The molecule has 0 radical (unpaired) electrons. The van der Waals surface area contributed by atoms with E-state index in [1.807, 2.05) is 6.92 Å². The summed E-state index contributed by atoms with van der Waals surface area (Å²) in [5, 5.41) is 36.3. The molecule has 2 aromatic rings. The van der Waals surface area contributed by atoms with Crippen LogP contribution in [0.2, 0.25) is 0 Å². The number of fused-ring (bicyclic) bond motifs is 5. The molecule has 2 bridgehead atoms. The van der Waals surface area contributed by atoms with E-state index in [4.69, 9.17) is 24.7 Å². The van der Waals surface area contributed by atoms with Gasteiger partial charge in [-0.25, -0.2) is 9.59 Å². The molecule has 6 rings (SSSR count). The van der Waals surface area contributed by atoms with Crippen molar-refractivity contribution in [2.45, 2.75) is 103 Å². The van der Waals surface area contributed by atoms with Gasteiger partial charge in [0.15, 0.2) is 18.0 Å². The lowest BCUT2D eigenvalue weighted by atomic mass is 9.42. The second-order valence-electron chi connectivity index (χ2n) is 15.5. The van der Waals surface area contributed by atoms with Gasteiger partial charge in [0.25, 0.3) is 0 Å². The third-order valence-corrected chi connectivity index (χ3v) is 12.3. The van der Waals surface area contributed by atoms with Gasteiger partial charge in [-0.2, -0.15) is 0 Å². The highest BCUT2D eigenvalue weighted by Gasteiger charge is 2.75. The van der Waals surface area contributed by atoms with Crippen LogP contribution < -0.4 is 5.73 Å². The van der Waals surface area contributed by atoms with E-state index in [1.165, 1.54) is 0 Å². The van der Waals surface area contributed by atoms with Gasteiger partial charge in [-0.05, 0) is 42.7 Å². The Kier molecular flexibility index (Phi) is 9.34. The van der Waals surface area contributed by atoms with E-state index >= 15 is 4.79 Å². The van der Waals surface area contributed by atoms with Gasteiger partial charge >= 0.3 is 17.9 Å². The third kappa shape index (κ3) is 5.63. The summed E-state index contributed by atoms with van der Waals surface area (Å²) in [6.45, 7) is 9.65. The lowest BCUT2D eigenvalue weighted by molar-refractivity contribution is -0.313. The van der Waals surface area contributed by atoms with E-state index in [2.05, 4.69) is 0 Å². The highest BCUT2D eigenvalue weighted by atomic mass is 16.6. The Labute approximate surface area is 296 Å². The summed E-state index contributed by atoms with van der Waals surface area (Å²) < 4.78 is 24.1. The fraction of sp³-hybridized carbons (Fsp3) is 0.538. The fourth-order valence-corrected chi connectivity index (χ4v) is 9.24. The predicted octanol–water partition coefficient (Wildman–Crippen LogP) is 2.97. The van der Waals surface area contributed by atoms with Gasteiger partial charge in [-0.3, -0.25) is 9.59 Å². The predicted molar refractivity (Wildman–Crippen MR) is 182 cm³/mol. The monoisotopic (exact) mass is 705 g/mol. The quantitative estimate of drug-likeness (QED) is 0.187. The molecule has 5 N–H and O–H groups in total. The normalized spacial score (nSPS) is 36.5. The summed E-state index contributed by atoms with van der Waals surface area (Å²) in [6, 6.07) is 15.6. The molecule has 1 aliphatic heterocycles. The Morgan fingerprint density at radius 3 is 2.14 bits per heavy atom. The minimum absolute atomic E-state index is 0.0844. The fourth-order valence-electron chi connectivity index (χ4n) is 9.24. The summed E-state index contributed by atoms with van der Waals surface area (Å²) in [5.41, 5.74) is 1.19. The lowest BCUT2D eigenvalue weighted by Gasteiger charge is -2.68. The molecule has 274 valence electrons. The van der Waals surface area contributed by atoms with Crippen LogP contribution in [0.1, 0.15) is 76.3 Å². The molecule has 4 aliphatic rings. The van der Waals surface area contributed by atoms with Crippen molar-refractivity contribution in [2.75, 3.05) is 6.61 Å². The van der Waals surface area contributed by atoms with Gasteiger partial charge in [-0.1, -0.05) is 69.3 Å². The Balaban J connectivity index is 1.54. The molecular formula is C39H47NO11. The van der Waals surface area contributed by atoms with Crippen molar-refractivity contribution < 1.29 is 53.4 Å². The van der Waals surface area contributed by atoms with Crippen molar-refractivity contribution in [3.63, 3.8) is 0 Å². The van der Waals surface area contributed by atoms with Crippen molar-refractivity contribution in [2.24, 2.45) is 27.9 Å². The molecule has 1 unspecified atom stereocenters. The van der Waals surface area contributed by atoms with Gasteiger partial charge in [0.2, 0.25) is 0 Å². The van der Waals surface area contributed by atoms with Crippen LogP contribution in [0.5, 0.6) is 0 Å². The number of Topliss-reactive ketones (excluding diaryl/α,β-unsaturated/α-hetero) is 1. The minimum Gasteiger partial charge on any atom is -0.456 e. The maximum Gasteiger partial charge on any atom is 0.338 e. The van der Waals surface area contributed by atoms with E-state index in [9.17, 15) is 29.7 Å². The first-order valence-electron chi connectivity index (χ1n) is 17.3. The number of benzene rings is 2.